The highest BCUT2D eigenvalue weighted by Crippen LogP contribution is 2.28. The molecular weight excluding hydrogens is 290 g/mol. The third-order valence-corrected chi connectivity index (χ3v) is 3.74. The Labute approximate surface area is 136 Å². The number of hydrogen-bond acceptors (Lipinski definition) is 6. The molecule has 1 aromatic heterocycles. The van der Waals surface area contributed by atoms with E-state index in [2.05, 4.69) is 50.6 Å². The van der Waals surface area contributed by atoms with Crippen molar-refractivity contribution in [2.75, 3.05) is 48.4 Å². The molecule has 1 aliphatic rings. The summed E-state index contributed by atoms with van der Waals surface area (Å²) in [4.78, 5) is 10.9. The molecule has 0 aliphatic carbocycles. The smallest absolute Gasteiger partial charge is 0.135 e. The molecular formula is C17H23N5O. The number of nitrogens with one attached hydrogen (secondary N) is 2. The zero-order valence-electron chi connectivity index (χ0n) is 13.5. The van der Waals surface area contributed by atoms with E-state index < -0.39 is 0 Å². The van der Waals surface area contributed by atoms with Gasteiger partial charge in [-0.3, -0.25) is 0 Å². The molecule has 1 aromatic carbocycles. The monoisotopic (exact) mass is 313 g/mol. The number of para-hydroxylation sites is 2. The van der Waals surface area contributed by atoms with E-state index >= 15 is 0 Å². The van der Waals surface area contributed by atoms with Crippen molar-refractivity contribution >= 4 is 23.0 Å². The molecule has 1 saturated heterocycles. The van der Waals surface area contributed by atoms with Crippen LogP contribution in [0.2, 0.25) is 0 Å². The Morgan fingerprint density at radius 3 is 2.74 bits per heavy atom. The van der Waals surface area contributed by atoms with Gasteiger partial charge in [-0.05, 0) is 18.6 Å². The molecule has 6 heteroatoms. The van der Waals surface area contributed by atoms with Gasteiger partial charge in [-0.2, -0.15) is 0 Å². The van der Waals surface area contributed by atoms with Gasteiger partial charge in [-0.15, -0.1) is 0 Å². The van der Waals surface area contributed by atoms with Crippen LogP contribution in [0.5, 0.6) is 0 Å². The lowest BCUT2D eigenvalue weighted by atomic mass is 10.2. The van der Waals surface area contributed by atoms with Gasteiger partial charge in [0, 0.05) is 25.7 Å². The second-order valence-electron chi connectivity index (χ2n) is 5.46. The largest absolute Gasteiger partial charge is 0.378 e. The van der Waals surface area contributed by atoms with Crippen molar-refractivity contribution in [1.29, 1.82) is 0 Å². The summed E-state index contributed by atoms with van der Waals surface area (Å²) in [7, 11) is 0. The number of ether oxygens (including phenoxy) is 1. The minimum Gasteiger partial charge on any atom is -0.378 e. The normalized spacial score (nSPS) is 14.6. The lowest BCUT2D eigenvalue weighted by Gasteiger charge is -2.30. The van der Waals surface area contributed by atoms with Crippen molar-refractivity contribution in [3.63, 3.8) is 0 Å². The fourth-order valence-electron chi connectivity index (χ4n) is 2.57. The van der Waals surface area contributed by atoms with Crippen LogP contribution in [0.3, 0.4) is 0 Å². The number of nitrogens with zero attached hydrogens (tertiary/aromatic N) is 3. The highest BCUT2D eigenvalue weighted by Gasteiger charge is 2.14. The molecule has 0 spiro atoms. The van der Waals surface area contributed by atoms with E-state index in [1.54, 1.807) is 6.33 Å². The maximum absolute atomic E-state index is 5.44. The highest BCUT2D eigenvalue weighted by atomic mass is 16.5. The SMILES string of the molecule is CCCNc1cc(Nc2ccccc2N2CCOCC2)ncn1. The lowest BCUT2D eigenvalue weighted by Crippen LogP contribution is -2.36. The van der Waals surface area contributed by atoms with Crippen molar-refractivity contribution in [3.8, 4) is 0 Å². The topological polar surface area (TPSA) is 62.3 Å². The standard InChI is InChI=1S/C17H23N5O/c1-2-7-18-16-12-17(20-13-19-16)21-14-5-3-4-6-15(14)22-8-10-23-11-9-22/h3-6,12-13H,2,7-11H2,1H3,(H2,18,19,20,21). The van der Waals surface area contributed by atoms with E-state index in [-0.39, 0.29) is 0 Å². The molecule has 0 saturated carbocycles. The molecule has 0 unspecified atom stereocenters. The van der Waals surface area contributed by atoms with Crippen LogP contribution in [-0.4, -0.2) is 42.8 Å². The minimum atomic E-state index is 0.771. The van der Waals surface area contributed by atoms with Crippen LogP contribution in [0.15, 0.2) is 36.7 Å². The average Bonchev–Trinajstić information content (AvgIpc) is 2.61. The van der Waals surface area contributed by atoms with Gasteiger partial charge in [0.2, 0.25) is 0 Å². The van der Waals surface area contributed by atoms with Gasteiger partial charge in [0.15, 0.2) is 0 Å². The van der Waals surface area contributed by atoms with E-state index in [0.29, 0.717) is 0 Å². The molecule has 6 nitrogen and oxygen atoms in total. The second-order valence-corrected chi connectivity index (χ2v) is 5.46. The summed E-state index contributed by atoms with van der Waals surface area (Å²) in [6.07, 6.45) is 2.64. The molecule has 3 rings (SSSR count). The molecule has 0 atom stereocenters. The molecule has 0 bridgehead atoms. The average molecular weight is 313 g/mol. The van der Waals surface area contributed by atoms with E-state index in [9.17, 15) is 0 Å². The summed E-state index contributed by atoms with van der Waals surface area (Å²) in [6.45, 7) is 6.39. The van der Waals surface area contributed by atoms with E-state index in [4.69, 9.17) is 4.74 Å². The Bertz CT molecular complexity index is 628. The minimum absolute atomic E-state index is 0.771. The summed E-state index contributed by atoms with van der Waals surface area (Å²) in [5.41, 5.74) is 2.23. The molecule has 122 valence electrons. The Balaban J connectivity index is 1.77. The fourth-order valence-corrected chi connectivity index (χ4v) is 2.57. The van der Waals surface area contributed by atoms with Gasteiger partial charge in [0.25, 0.3) is 0 Å². The quantitative estimate of drug-likeness (QED) is 0.855. The number of hydrogen-bond donors (Lipinski definition) is 2. The summed E-state index contributed by atoms with van der Waals surface area (Å²) in [5.74, 6) is 1.63. The summed E-state index contributed by atoms with van der Waals surface area (Å²) in [5, 5.41) is 6.69. The number of benzene rings is 1. The van der Waals surface area contributed by atoms with Crippen molar-refractivity contribution in [2.45, 2.75) is 13.3 Å². The van der Waals surface area contributed by atoms with E-state index in [1.807, 2.05) is 12.1 Å². The van der Waals surface area contributed by atoms with Crippen LogP contribution in [0.4, 0.5) is 23.0 Å². The fraction of sp³-hybridized carbons (Fsp3) is 0.412. The Kier molecular flexibility index (Phi) is 5.26. The first-order chi connectivity index (χ1) is 11.4. The number of rotatable bonds is 6. The Morgan fingerprint density at radius 1 is 1.13 bits per heavy atom. The van der Waals surface area contributed by atoms with Gasteiger partial charge >= 0.3 is 0 Å². The summed E-state index contributed by atoms with van der Waals surface area (Å²) >= 11 is 0. The van der Waals surface area contributed by atoms with Crippen LogP contribution in [0.25, 0.3) is 0 Å². The first kappa shape index (κ1) is 15.6. The molecule has 0 radical (unpaired) electrons. The predicted molar refractivity (Wildman–Crippen MR) is 93.6 cm³/mol. The van der Waals surface area contributed by atoms with E-state index in [0.717, 1.165) is 56.6 Å². The highest BCUT2D eigenvalue weighted by molar-refractivity contribution is 5.74. The van der Waals surface area contributed by atoms with Crippen molar-refractivity contribution < 1.29 is 4.74 Å². The van der Waals surface area contributed by atoms with Crippen LogP contribution < -0.4 is 15.5 Å². The van der Waals surface area contributed by atoms with Gasteiger partial charge in [-0.25, -0.2) is 9.97 Å². The molecule has 2 aromatic rings. The number of anilines is 4. The molecule has 0 amide bonds. The molecule has 2 heterocycles. The van der Waals surface area contributed by atoms with Crippen LogP contribution >= 0.6 is 0 Å². The zero-order chi connectivity index (χ0) is 15.9. The van der Waals surface area contributed by atoms with Gasteiger partial charge in [-0.1, -0.05) is 19.1 Å². The molecule has 23 heavy (non-hydrogen) atoms. The first-order valence-electron chi connectivity index (χ1n) is 8.11. The van der Waals surface area contributed by atoms with Gasteiger partial charge in [0.1, 0.15) is 18.0 Å². The van der Waals surface area contributed by atoms with Gasteiger partial charge in [0.05, 0.1) is 24.6 Å². The zero-order valence-corrected chi connectivity index (χ0v) is 13.5. The third-order valence-electron chi connectivity index (χ3n) is 3.74. The predicted octanol–water partition coefficient (Wildman–Crippen LogP) is 2.88. The summed E-state index contributed by atoms with van der Waals surface area (Å²) in [6, 6.07) is 10.2. The molecule has 2 N–H and O–H groups in total. The second kappa shape index (κ2) is 7.78. The maximum Gasteiger partial charge on any atom is 0.135 e. The number of aromatic nitrogens is 2. The molecule has 1 fully saturated rings. The number of morpholine rings is 1. The third kappa shape index (κ3) is 4.10. The first-order valence-corrected chi connectivity index (χ1v) is 8.11. The van der Waals surface area contributed by atoms with Crippen LogP contribution in [-0.2, 0) is 4.74 Å². The van der Waals surface area contributed by atoms with Crippen molar-refractivity contribution in [1.82, 2.24) is 9.97 Å². The molecule has 1 aliphatic heterocycles. The summed E-state index contributed by atoms with van der Waals surface area (Å²) < 4.78 is 5.44. The van der Waals surface area contributed by atoms with Crippen molar-refractivity contribution in [3.05, 3.63) is 36.7 Å². The maximum atomic E-state index is 5.44. The van der Waals surface area contributed by atoms with Crippen molar-refractivity contribution in [2.24, 2.45) is 0 Å². The van der Waals surface area contributed by atoms with Crippen LogP contribution in [0.1, 0.15) is 13.3 Å². The Morgan fingerprint density at radius 2 is 1.91 bits per heavy atom. The van der Waals surface area contributed by atoms with Crippen LogP contribution in [0, 0.1) is 0 Å². The lowest BCUT2D eigenvalue weighted by molar-refractivity contribution is 0.123. The Hall–Kier alpha value is -2.34. The van der Waals surface area contributed by atoms with Gasteiger partial charge < -0.3 is 20.3 Å². The van der Waals surface area contributed by atoms with E-state index in [1.165, 1.54) is 5.69 Å².